The molecule has 9 nitrogen and oxygen atoms in total. The molecule has 4 aromatic rings. The summed E-state index contributed by atoms with van der Waals surface area (Å²) in [6, 6.07) is 14.1. The molecule has 0 bridgehead atoms. The summed E-state index contributed by atoms with van der Waals surface area (Å²) in [7, 11) is 1.62. The van der Waals surface area contributed by atoms with Crippen molar-refractivity contribution >= 4 is 40.0 Å². The number of hydrogen-bond donors (Lipinski definition) is 2. The second-order valence-electron chi connectivity index (χ2n) is 14.4. The summed E-state index contributed by atoms with van der Waals surface area (Å²) in [6.07, 6.45) is 1.63. The van der Waals surface area contributed by atoms with E-state index >= 15 is 0 Å². The Kier molecular flexibility index (Phi) is 8.01. The van der Waals surface area contributed by atoms with Crippen LogP contribution in [-0.2, 0) is 10.2 Å². The molecule has 2 N–H and O–H groups in total. The van der Waals surface area contributed by atoms with Crippen molar-refractivity contribution in [1.29, 1.82) is 0 Å². The molecule has 1 aliphatic carbocycles. The van der Waals surface area contributed by atoms with E-state index in [9.17, 15) is 18.4 Å². The van der Waals surface area contributed by atoms with Crippen molar-refractivity contribution < 1.29 is 18.4 Å². The van der Waals surface area contributed by atoms with E-state index in [0.29, 0.717) is 36.6 Å². The summed E-state index contributed by atoms with van der Waals surface area (Å²) < 4.78 is 28.7. The Hall–Kier alpha value is -4.38. The van der Waals surface area contributed by atoms with Gasteiger partial charge in [0, 0.05) is 60.1 Å². The van der Waals surface area contributed by atoms with Crippen molar-refractivity contribution in [2.75, 3.05) is 30.4 Å². The van der Waals surface area contributed by atoms with E-state index in [1.165, 1.54) is 0 Å². The normalized spacial score (nSPS) is 22.1. The minimum absolute atomic E-state index is 0.0225. The van der Waals surface area contributed by atoms with Gasteiger partial charge in [-0.3, -0.25) is 14.5 Å². The fourth-order valence-electron chi connectivity index (χ4n) is 7.63. The Labute approximate surface area is 279 Å². The number of anilines is 3. The lowest BCUT2D eigenvalue weighted by Crippen LogP contribution is -2.55. The van der Waals surface area contributed by atoms with Crippen LogP contribution in [0.2, 0.25) is 0 Å². The van der Waals surface area contributed by atoms with Gasteiger partial charge in [0.1, 0.15) is 5.52 Å². The van der Waals surface area contributed by atoms with Gasteiger partial charge in [-0.15, -0.1) is 0 Å². The zero-order valence-electron chi connectivity index (χ0n) is 28.3. The number of aryl methyl sites for hydroxylation is 1. The van der Waals surface area contributed by atoms with E-state index in [1.54, 1.807) is 7.05 Å². The summed E-state index contributed by atoms with van der Waals surface area (Å²) in [5.41, 5.74) is 6.55. The fourth-order valence-corrected chi connectivity index (χ4v) is 7.63. The van der Waals surface area contributed by atoms with Crippen LogP contribution in [-0.4, -0.2) is 69.9 Å². The second-order valence-corrected chi connectivity index (χ2v) is 14.4. The highest BCUT2D eigenvalue weighted by atomic mass is 19.3. The number of benzene rings is 2. The predicted molar refractivity (Wildman–Crippen MR) is 184 cm³/mol. The van der Waals surface area contributed by atoms with Crippen molar-refractivity contribution in [3.63, 3.8) is 0 Å². The minimum atomic E-state index is -2.28. The van der Waals surface area contributed by atoms with Crippen molar-refractivity contribution in [1.82, 2.24) is 24.8 Å². The maximum atomic E-state index is 13.9. The molecular weight excluding hydrogens is 612 g/mol. The predicted octanol–water partition coefficient (Wildman–Crippen LogP) is 6.83. The van der Waals surface area contributed by atoms with Crippen molar-refractivity contribution in [2.24, 2.45) is 5.92 Å². The summed E-state index contributed by atoms with van der Waals surface area (Å²) in [5, 5.41) is 6.19. The molecule has 1 saturated carbocycles. The lowest BCUT2D eigenvalue weighted by atomic mass is 9.83. The van der Waals surface area contributed by atoms with E-state index in [2.05, 4.69) is 40.0 Å². The molecule has 11 heteroatoms. The van der Waals surface area contributed by atoms with Crippen molar-refractivity contribution in [3.8, 4) is 11.3 Å². The Morgan fingerprint density at radius 1 is 1.06 bits per heavy atom. The fraction of sp³-hybridized carbons (Fsp3) is 0.459. The van der Waals surface area contributed by atoms with Gasteiger partial charge in [0.25, 0.3) is 5.91 Å². The van der Waals surface area contributed by atoms with Gasteiger partial charge in [0.15, 0.2) is 5.82 Å². The Morgan fingerprint density at radius 2 is 1.83 bits per heavy atom. The monoisotopic (exact) mass is 655 g/mol. The summed E-state index contributed by atoms with van der Waals surface area (Å²) in [5.74, 6) is -0.0351. The zero-order valence-corrected chi connectivity index (χ0v) is 28.3. The number of pyridine rings is 1. The number of nitrogens with one attached hydrogen (secondary N) is 2. The number of rotatable bonds is 8. The van der Waals surface area contributed by atoms with E-state index in [1.807, 2.05) is 68.4 Å². The van der Waals surface area contributed by atoms with Gasteiger partial charge in [0.2, 0.25) is 12.3 Å². The second kappa shape index (κ2) is 11.9. The maximum absolute atomic E-state index is 13.9. The molecule has 3 aliphatic rings. The first-order valence-electron chi connectivity index (χ1n) is 16.9. The molecule has 1 saturated heterocycles. The SMILES string of the molecule is CNC(=O)c1cc(Nc2nc(-c3ccc4c(c3)N([C@H]3C[C@@H](N5CC[C@@H](C(F)F)C5)C3)C(=O)C4(C)C)cc3ncn(C(C)C)c23)ccc1C. The number of alkyl halides is 2. The minimum Gasteiger partial charge on any atom is -0.355 e. The van der Waals surface area contributed by atoms with Crippen LogP contribution in [0, 0.1) is 12.8 Å². The van der Waals surface area contributed by atoms with E-state index in [0.717, 1.165) is 51.9 Å². The van der Waals surface area contributed by atoms with Gasteiger partial charge in [-0.1, -0.05) is 18.2 Å². The average molecular weight is 656 g/mol. The summed E-state index contributed by atoms with van der Waals surface area (Å²) >= 11 is 0. The maximum Gasteiger partial charge on any atom is 0.251 e. The number of carbonyl (C=O) groups is 2. The zero-order chi connectivity index (χ0) is 34.1. The van der Waals surface area contributed by atoms with Crippen molar-refractivity contribution in [2.45, 2.75) is 83.8 Å². The van der Waals surface area contributed by atoms with Gasteiger partial charge in [0.05, 0.1) is 23.0 Å². The highest BCUT2D eigenvalue weighted by molar-refractivity contribution is 6.09. The van der Waals surface area contributed by atoms with Crippen LogP contribution in [0.15, 0.2) is 48.8 Å². The van der Waals surface area contributed by atoms with Gasteiger partial charge < -0.3 is 20.1 Å². The first kappa shape index (κ1) is 32.2. The topological polar surface area (TPSA) is 95.4 Å². The average Bonchev–Trinajstić information content (AvgIpc) is 3.74. The molecule has 1 atom stereocenters. The van der Waals surface area contributed by atoms with Crippen LogP contribution in [0.1, 0.15) is 74.5 Å². The number of fused-ring (bicyclic) bond motifs is 2. The van der Waals surface area contributed by atoms with Crippen molar-refractivity contribution in [3.05, 3.63) is 65.5 Å². The first-order valence-corrected chi connectivity index (χ1v) is 16.9. The third-order valence-electron chi connectivity index (χ3n) is 10.6. The first-order chi connectivity index (χ1) is 22.9. The molecule has 2 aromatic heterocycles. The van der Waals surface area contributed by atoms with Crippen LogP contribution in [0.25, 0.3) is 22.3 Å². The summed E-state index contributed by atoms with van der Waals surface area (Å²) in [6.45, 7) is 11.2. The molecular formula is C37H43F2N7O2. The van der Waals surface area contributed by atoms with Crippen LogP contribution in [0.3, 0.4) is 0 Å². The molecule has 252 valence electrons. The molecule has 2 aromatic carbocycles. The van der Waals surface area contributed by atoms with Crippen LogP contribution in [0.4, 0.5) is 26.0 Å². The van der Waals surface area contributed by atoms with E-state index in [4.69, 9.17) is 9.97 Å². The smallest absolute Gasteiger partial charge is 0.251 e. The van der Waals surface area contributed by atoms with Crippen LogP contribution in [0.5, 0.6) is 0 Å². The summed E-state index contributed by atoms with van der Waals surface area (Å²) in [4.78, 5) is 40.5. The highest BCUT2D eigenvalue weighted by Crippen LogP contribution is 2.48. The molecule has 2 fully saturated rings. The highest BCUT2D eigenvalue weighted by Gasteiger charge is 2.50. The largest absolute Gasteiger partial charge is 0.355 e. The van der Waals surface area contributed by atoms with Gasteiger partial charge in [-0.05, 0) is 95.8 Å². The van der Waals surface area contributed by atoms with E-state index < -0.39 is 17.8 Å². The van der Waals surface area contributed by atoms with Crippen LogP contribution < -0.4 is 15.5 Å². The number of aromatic nitrogens is 3. The third kappa shape index (κ3) is 5.32. The number of amides is 2. The Morgan fingerprint density at radius 3 is 2.52 bits per heavy atom. The molecule has 4 heterocycles. The number of nitrogens with zero attached hydrogens (tertiary/aromatic N) is 5. The lowest BCUT2D eigenvalue weighted by Gasteiger charge is -2.46. The molecule has 7 rings (SSSR count). The quantitative estimate of drug-likeness (QED) is 0.216. The number of hydrogen-bond acceptors (Lipinski definition) is 6. The van der Waals surface area contributed by atoms with Gasteiger partial charge >= 0.3 is 0 Å². The number of carbonyl (C=O) groups excluding carboxylic acids is 2. The third-order valence-corrected chi connectivity index (χ3v) is 10.6. The Balaban J connectivity index is 1.24. The Bertz CT molecular complexity index is 1910. The standard InChI is InChI=1S/C37H43F2N7O2/c1-20(2)45-19-41-30-17-29(43-34(32(30)45)42-24-9-7-21(3)27(14-24)35(47)40-6)22-8-10-28-31(13-22)46(36(48)37(28,4)5)26-15-25(16-26)44-12-11-23(18-44)33(38)39/h7-10,13-14,17,19-20,23,25-26,33H,11-12,15-16,18H2,1-6H3,(H,40,47)(H,42,43)/t23-,25-,26+/m1/s1. The van der Waals surface area contributed by atoms with Gasteiger partial charge in [-0.25, -0.2) is 18.7 Å². The molecule has 0 unspecified atom stereocenters. The van der Waals surface area contributed by atoms with Crippen LogP contribution >= 0.6 is 0 Å². The number of likely N-dealkylation sites (tertiary alicyclic amines) is 1. The van der Waals surface area contributed by atoms with Gasteiger partial charge in [-0.2, -0.15) is 0 Å². The number of halogens is 2. The van der Waals surface area contributed by atoms with E-state index in [-0.39, 0.29) is 29.9 Å². The molecule has 0 radical (unpaired) electrons. The lowest BCUT2D eigenvalue weighted by molar-refractivity contribution is -0.123. The molecule has 2 amide bonds. The molecule has 2 aliphatic heterocycles. The molecule has 48 heavy (non-hydrogen) atoms. The molecule has 0 spiro atoms. The number of imidazole rings is 1.